The molecule has 2 N–H and O–H groups in total. The molecule has 1 unspecified atom stereocenters. The van der Waals surface area contributed by atoms with Gasteiger partial charge in [-0.05, 0) is 43.2 Å². The fourth-order valence-corrected chi connectivity index (χ4v) is 3.08. The summed E-state index contributed by atoms with van der Waals surface area (Å²) in [5.41, 5.74) is 1.92. The highest BCUT2D eigenvalue weighted by Crippen LogP contribution is 2.33. The Morgan fingerprint density at radius 2 is 2.05 bits per heavy atom. The van der Waals surface area contributed by atoms with Crippen molar-refractivity contribution in [1.29, 1.82) is 0 Å². The van der Waals surface area contributed by atoms with Crippen LogP contribution >= 0.6 is 11.3 Å². The van der Waals surface area contributed by atoms with Gasteiger partial charge in [-0.3, -0.25) is 0 Å². The largest absolute Gasteiger partial charge is 0.335 e. The minimum Gasteiger partial charge on any atom is -0.335 e. The van der Waals surface area contributed by atoms with E-state index in [1.807, 2.05) is 35.7 Å². The lowest BCUT2D eigenvalue weighted by Crippen LogP contribution is -2.37. The van der Waals surface area contributed by atoms with E-state index in [4.69, 9.17) is 0 Å². The Kier molecular flexibility index (Phi) is 3.74. The van der Waals surface area contributed by atoms with Crippen LogP contribution in [0.3, 0.4) is 0 Å². The lowest BCUT2D eigenvalue weighted by molar-refractivity contribution is 0.248. The summed E-state index contributed by atoms with van der Waals surface area (Å²) in [6.07, 6.45) is 2.46. The van der Waals surface area contributed by atoms with Gasteiger partial charge in [0.05, 0.1) is 5.69 Å². The molecular formula is C16H18N2OS. The van der Waals surface area contributed by atoms with Crippen molar-refractivity contribution in [2.45, 2.75) is 25.8 Å². The van der Waals surface area contributed by atoms with Crippen molar-refractivity contribution >= 4 is 23.1 Å². The maximum Gasteiger partial charge on any atom is 0.319 e. The summed E-state index contributed by atoms with van der Waals surface area (Å²) in [4.78, 5) is 13.2. The molecule has 1 heterocycles. The number of thiophene rings is 1. The third kappa shape index (κ3) is 3.02. The summed E-state index contributed by atoms with van der Waals surface area (Å²) in [7, 11) is 0. The van der Waals surface area contributed by atoms with Gasteiger partial charge in [0.1, 0.15) is 0 Å². The molecule has 0 radical (unpaired) electrons. The third-order valence-electron chi connectivity index (χ3n) is 3.65. The first-order valence-corrected chi connectivity index (χ1v) is 7.82. The molecule has 2 amide bonds. The van der Waals surface area contributed by atoms with Crippen molar-refractivity contribution in [3.05, 3.63) is 41.8 Å². The first kappa shape index (κ1) is 13.2. The van der Waals surface area contributed by atoms with Gasteiger partial charge in [-0.1, -0.05) is 24.3 Å². The van der Waals surface area contributed by atoms with Gasteiger partial charge in [-0.2, -0.15) is 0 Å². The molecule has 3 rings (SSSR count). The Morgan fingerprint density at radius 3 is 2.75 bits per heavy atom. The van der Waals surface area contributed by atoms with Crippen LogP contribution in [-0.2, 0) is 0 Å². The van der Waals surface area contributed by atoms with Gasteiger partial charge in [0.15, 0.2) is 0 Å². The second-order valence-corrected chi connectivity index (χ2v) is 6.20. The number of hydrogen-bond acceptors (Lipinski definition) is 2. The maximum atomic E-state index is 12.1. The number of nitrogens with one attached hydrogen (secondary N) is 2. The second kappa shape index (κ2) is 5.67. The first-order chi connectivity index (χ1) is 9.74. The average molecular weight is 286 g/mol. The van der Waals surface area contributed by atoms with Crippen molar-refractivity contribution in [2.75, 3.05) is 5.32 Å². The van der Waals surface area contributed by atoms with Gasteiger partial charge in [-0.15, -0.1) is 11.3 Å². The quantitative estimate of drug-likeness (QED) is 0.862. The van der Waals surface area contributed by atoms with Gasteiger partial charge in [0, 0.05) is 16.5 Å². The van der Waals surface area contributed by atoms with E-state index in [0.717, 1.165) is 16.1 Å². The number of carbonyl (C=O) groups excluding carboxylic acids is 1. The van der Waals surface area contributed by atoms with E-state index in [-0.39, 0.29) is 12.1 Å². The van der Waals surface area contributed by atoms with Crippen LogP contribution in [0.15, 0.2) is 41.8 Å². The molecule has 0 aliphatic heterocycles. The molecule has 1 aliphatic carbocycles. The summed E-state index contributed by atoms with van der Waals surface area (Å²) in [6.45, 7) is 2.07. The van der Waals surface area contributed by atoms with Gasteiger partial charge >= 0.3 is 6.03 Å². The Morgan fingerprint density at radius 1 is 1.25 bits per heavy atom. The van der Waals surface area contributed by atoms with Crippen molar-refractivity contribution in [3.8, 4) is 10.4 Å². The first-order valence-electron chi connectivity index (χ1n) is 6.94. The number of amides is 2. The Bertz CT molecular complexity index is 590. The number of carbonyl (C=O) groups is 1. The molecule has 2 aromatic rings. The molecular weight excluding hydrogens is 268 g/mol. The van der Waals surface area contributed by atoms with Crippen LogP contribution in [0.5, 0.6) is 0 Å². The van der Waals surface area contributed by atoms with Crippen LogP contribution in [0.25, 0.3) is 10.4 Å². The molecule has 3 nitrogen and oxygen atoms in total. The third-order valence-corrected chi connectivity index (χ3v) is 4.55. The molecule has 104 valence electrons. The fourth-order valence-electron chi connectivity index (χ4n) is 2.32. The summed E-state index contributed by atoms with van der Waals surface area (Å²) < 4.78 is 0. The van der Waals surface area contributed by atoms with Gasteiger partial charge in [0.25, 0.3) is 0 Å². The minimum atomic E-state index is -0.117. The lowest BCUT2D eigenvalue weighted by atomic mass is 10.1. The Balaban J connectivity index is 1.72. The second-order valence-electron chi connectivity index (χ2n) is 5.25. The zero-order chi connectivity index (χ0) is 13.9. The van der Waals surface area contributed by atoms with Crippen LogP contribution in [0.4, 0.5) is 10.5 Å². The molecule has 1 aromatic heterocycles. The van der Waals surface area contributed by atoms with Crippen LogP contribution < -0.4 is 10.6 Å². The van der Waals surface area contributed by atoms with Crippen molar-refractivity contribution in [1.82, 2.24) is 5.32 Å². The summed E-state index contributed by atoms with van der Waals surface area (Å²) in [5, 5.41) is 8.03. The zero-order valence-electron chi connectivity index (χ0n) is 11.4. The molecule has 20 heavy (non-hydrogen) atoms. The van der Waals surface area contributed by atoms with E-state index in [1.165, 1.54) is 12.8 Å². The fraction of sp³-hybridized carbons (Fsp3) is 0.312. The normalized spacial score (nSPS) is 15.7. The molecule has 1 fully saturated rings. The number of rotatable bonds is 4. The van der Waals surface area contributed by atoms with E-state index in [2.05, 4.69) is 23.6 Å². The maximum absolute atomic E-state index is 12.1. The van der Waals surface area contributed by atoms with Gasteiger partial charge in [0.2, 0.25) is 0 Å². The highest BCUT2D eigenvalue weighted by molar-refractivity contribution is 7.13. The van der Waals surface area contributed by atoms with Crippen LogP contribution in [0, 0.1) is 5.92 Å². The predicted octanol–water partition coefficient (Wildman–Crippen LogP) is 4.34. The number of urea groups is 1. The van der Waals surface area contributed by atoms with Crippen LogP contribution in [-0.4, -0.2) is 12.1 Å². The van der Waals surface area contributed by atoms with E-state index in [0.29, 0.717) is 5.92 Å². The van der Waals surface area contributed by atoms with Gasteiger partial charge < -0.3 is 10.6 Å². The number of anilines is 1. The smallest absolute Gasteiger partial charge is 0.319 e. The van der Waals surface area contributed by atoms with Crippen LogP contribution in [0.1, 0.15) is 19.8 Å². The predicted molar refractivity (Wildman–Crippen MR) is 84.1 cm³/mol. The molecule has 0 saturated heterocycles. The summed E-state index contributed by atoms with van der Waals surface area (Å²) in [6, 6.07) is 12.1. The molecule has 1 saturated carbocycles. The SMILES string of the molecule is CC(NC(=O)Nc1ccccc1-c1cccs1)C1CC1. The average Bonchev–Trinajstić information content (AvgIpc) is 3.15. The van der Waals surface area contributed by atoms with Gasteiger partial charge in [-0.25, -0.2) is 4.79 Å². The monoisotopic (exact) mass is 286 g/mol. The highest BCUT2D eigenvalue weighted by Gasteiger charge is 2.28. The topological polar surface area (TPSA) is 41.1 Å². The highest BCUT2D eigenvalue weighted by atomic mass is 32.1. The molecule has 1 atom stereocenters. The number of hydrogen-bond donors (Lipinski definition) is 2. The molecule has 1 aliphatic rings. The van der Waals surface area contributed by atoms with E-state index < -0.39 is 0 Å². The molecule has 0 spiro atoms. The molecule has 0 bridgehead atoms. The summed E-state index contributed by atoms with van der Waals surface area (Å²) in [5.74, 6) is 0.660. The molecule has 4 heteroatoms. The van der Waals surface area contributed by atoms with Crippen molar-refractivity contribution in [2.24, 2.45) is 5.92 Å². The standard InChI is InChI=1S/C16H18N2OS/c1-11(12-8-9-12)17-16(19)18-14-6-3-2-5-13(14)15-7-4-10-20-15/h2-7,10-12H,8-9H2,1H3,(H2,17,18,19). The van der Waals surface area contributed by atoms with Crippen LogP contribution in [0.2, 0.25) is 0 Å². The number of benzene rings is 1. The summed E-state index contributed by atoms with van der Waals surface area (Å²) >= 11 is 1.67. The Hall–Kier alpha value is -1.81. The van der Waals surface area contributed by atoms with E-state index in [1.54, 1.807) is 11.3 Å². The molecule has 1 aromatic carbocycles. The van der Waals surface area contributed by atoms with E-state index >= 15 is 0 Å². The van der Waals surface area contributed by atoms with Crippen molar-refractivity contribution < 1.29 is 4.79 Å². The Labute approximate surface area is 123 Å². The lowest BCUT2D eigenvalue weighted by Gasteiger charge is -2.15. The van der Waals surface area contributed by atoms with Crippen molar-refractivity contribution in [3.63, 3.8) is 0 Å². The number of para-hydroxylation sites is 1. The minimum absolute atomic E-state index is 0.117. The zero-order valence-corrected chi connectivity index (χ0v) is 12.2. The van der Waals surface area contributed by atoms with E-state index in [9.17, 15) is 4.79 Å².